The second kappa shape index (κ2) is 9.36. The number of hydrogen-bond donors (Lipinski definition) is 2. The number of carbonyl (C=O) groups excluding carboxylic acids is 2. The molecule has 1 atom stereocenters. The molecule has 0 bridgehead atoms. The van der Waals surface area contributed by atoms with Crippen molar-refractivity contribution in [2.24, 2.45) is 0 Å². The summed E-state index contributed by atoms with van der Waals surface area (Å²) in [4.78, 5) is 24.4. The zero-order chi connectivity index (χ0) is 21.8. The molecule has 4 rings (SSSR count). The van der Waals surface area contributed by atoms with E-state index in [-0.39, 0.29) is 23.5 Å². The minimum atomic E-state index is -0.380. The van der Waals surface area contributed by atoms with E-state index in [1.807, 2.05) is 38.1 Å². The fraction of sp³-hybridized carbons (Fsp3) is 0.238. The Morgan fingerprint density at radius 3 is 3.00 bits per heavy atom. The minimum Gasteiger partial charge on any atom is -0.492 e. The summed E-state index contributed by atoms with van der Waals surface area (Å²) < 4.78 is 11.6. The normalized spacial score (nSPS) is 13.5. The lowest BCUT2D eigenvalue weighted by molar-refractivity contribution is -0.118. The van der Waals surface area contributed by atoms with Gasteiger partial charge in [-0.05, 0) is 44.2 Å². The molecule has 1 amide bonds. The molecule has 1 aliphatic rings. The number of aromatic nitrogens is 2. The lowest BCUT2D eigenvalue weighted by Gasteiger charge is -2.18. The molecule has 160 valence electrons. The van der Waals surface area contributed by atoms with Gasteiger partial charge in [-0.15, -0.1) is 10.2 Å². The lowest BCUT2D eigenvalue weighted by atomic mass is 10.1. The largest absolute Gasteiger partial charge is 0.492 e. The van der Waals surface area contributed by atoms with Crippen molar-refractivity contribution >= 4 is 51.3 Å². The van der Waals surface area contributed by atoms with Gasteiger partial charge in [0.2, 0.25) is 5.13 Å². The number of thioether (sulfide) groups is 1. The van der Waals surface area contributed by atoms with Crippen LogP contribution >= 0.6 is 23.1 Å². The average molecular weight is 457 g/mol. The van der Waals surface area contributed by atoms with Crippen molar-refractivity contribution in [1.29, 1.82) is 0 Å². The first-order valence-electron chi connectivity index (χ1n) is 9.63. The van der Waals surface area contributed by atoms with E-state index in [1.54, 1.807) is 18.2 Å². The summed E-state index contributed by atoms with van der Waals surface area (Å²) in [6, 6.07) is 12.6. The molecule has 0 saturated carbocycles. The van der Waals surface area contributed by atoms with Crippen LogP contribution in [0.4, 0.5) is 16.5 Å². The molecular formula is C21H20N4O4S2. The van der Waals surface area contributed by atoms with E-state index in [9.17, 15) is 9.59 Å². The number of fused-ring (bicyclic) bond motifs is 1. The molecule has 1 aromatic heterocycles. The van der Waals surface area contributed by atoms with Gasteiger partial charge in [-0.3, -0.25) is 9.59 Å². The van der Waals surface area contributed by atoms with Crippen molar-refractivity contribution in [3.63, 3.8) is 0 Å². The maximum absolute atomic E-state index is 12.9. The van der Waals surface area contributed by atoms with Gasteiger partial charge >= 0.3 is 0 Å². The Balaban J connectivity index is 1.42. The third kappa shape index (κ3) is 4.97. The Labute approximate surface area is 187 Å². The molecule has 2 N–H and O–H groups in total. The lowest BCUT2D eigenvalue weighted by Crippen LogP contribution is -2.25. The zero-order valence-electron chi connectivity index (χ0n) is 16.9. The molecule has 0 saturated heterocycles. The summed E-state index contributed by atoms with van der Waals surface area (Å²) in [5.74, 6) is 0.989. The Bertz CT molecular complexity index is 1120. The van der Waals surface area contributed by atoms with Gasteiger partial charge in [-0.25, -0.2) is 0 Å². The molecule has 0 spiro atoms. The molecular weight excluding hydrogens is 436 g/mol. The van der Waals surface area contributed by atoms with Crippen LogP contribution in [0.3, 0.4) is 0 Å². The molecule has 2 heterocycles. The highest BCUT2D eigenvalue weighted by Crippen LogP contribution is 2.35. The number of ether oxygens (including phenoxy) is 2. The van der Waals surface area contributed by atoms with Crippen molar-refractivity contribution < 1.29 is 19.1 Å². The van der Waals surface area contributed by atoms with E-state index in [1.165, 1.54) is 23.1 Å². The number of ketones is 1. The quantitative estimate of drug-likeness (QED) is 0.380. The number of anilines is 3. The van der Waals surface area contributed by atoms with Gasteiger partial charge in [0, 0.05) is 5.56 Å². The maximum Gasteiger partial charge on any atom is 0.262 e. The summed E-state index contributed by atoms with van der Waals surface area (Å²) in [6.07, 6.45) is 0. The fourth-order valence-electron chi connectivity index (χ4n) is 2.95. The number of carbonyl (C=O) groups is 2. The van der Waals surface area contributed by atoms with Gasteiger partial charge in [-0.2, -0.15) is 0 Å². The van der Waals surface area contributed by atoms with Crippen LogP contribution in [0, 0.1) is 0 Å². The van der Waals surface area contributed by atoms with E-state index in [2.05, 4.69) is 20.8 Å². The van der Waals surface area contributed by atoms with Gasteiger partial charge in [0.1, 0.15) is 11.5 Å². The van der Waals surface area contributed by atoms with Crippen LogP contribution in [0.1, 0.15) is 24.2 Å². The maximum atomic E-state index is 12.9. The first-order valence-corrected chi connectivity index (χ1v) is 11.3. The SMILES string of the molecule is CCOc1ccccc1Nc1nnc(SC(C)C(=O)c2ccc3c(c2)NC(=O)CO3)s1. The predicted molar refractivity (Wildman–Crippen MR) is 121 cm³/mol. The number of para-hydroxylation sites is 2. The molecule has 10 heteroatoms. The Morgan fingerprint density at radius 1 is 1.32 bits per heavy atom. The third-order valence-corrected chi connectivity index (χ3v) is 6.40. The third-order valence-electron chi connectivity index (χ3n) is 4.38. The number of benzene rings is 2. The molecule has 31 heavy (non-hydrogen) atoms. The Morgan fingerprint density at radius 2 is 2.16 bits per heavy atom. The van der Waals surface area contributed by atoms with E-state index >= 15 is 0 Å². The number of amides is 1. The van der Waals surface area contributed by atoms with Gasteiger partial charge in [0.15, 0.2) is 16.7 Å². The number of rotatable bonds is 8. The Hall–Kier alpha value is -3.11. The summed E-state index contributed by atoms with van der Waals surface area (Å²) in [7, 11) is 0. The molecule has 0 fully saturated rings. The van der Waals surface area contributed by atoms with Gasteiger partial charge in [-0.1, -0.05) is 35.2 Å². The van der Waals surface area contributed by atoms with Crippen LogP contribution in [0.2, 0.25) is 0 Å². The first kappa shape index (κ1) is 21.1. The number of hydrogen-bond acceptors (Lipinski definition) is 9. The molecule has 2 aromatic carbocycles. The van der Waals surface area contributed by atoms with Crippen LogP contribution < -0.4 is 20.1 Å². The minimum absolute atomic E-state index is 0.0188. The van der Waals surface area contributed by atoms with Gasteiger partial charge in [0.05, 0.1) is 23.2 Å². The van der Waals surface area contributed by atoms with E-state index in [0.29, 0.717) is 33.1 Å². The molecule has 3 aromatic rings. The predicted octanol–water partition coefficient (Wildman–Crippen LogP) is 4.37. The smallest absolute Gasteiger partial charge is 0.262 e. The van der Waals surface area contributed by atoms with Crippen LogP contribution in [0.15, 0.2) is 46.8 Å². The Kier molecular flexibility index (Phi) is 6.38. The van der Waals surface area contributed by atoms with E-state index in [0.717, 1.165) is 11.4 Å². The molecule has 0 aliphatic carbocycles. The van der Waals surface area contributed by atoms with Crippen LogP contribution in [-0.2, 0) is 4.79 Å². The van der Waals surface area contributed by atoms with E-state index in [4.69, 9.17) is 9.47 Å². The van der Waals surface area contributed by atoms with Crippen LogP contribution in [0.25, 0.3) is 0 Å². The van der Waals surface area contributed by atoms with Gasteiger partial charge in [0.25, 0.3) is 5.91 Å². The molecule has 1 unspecified atom stereocenters. The molecule has 8 nitrogen and oxygen atoms in total. The van der Waals surface area contributed by atoms with Crippen molar-refractivity contribution in [3.05, 3.63) is 48.0 Å². The number of nitrogens with zero attached hydrogens (tertiary/aromatic N) is 2. The van der Waals surface area contributed by atoms with Crippen molar-refractivity contribution in [1.82, 2.24) is 10.2 Å². The summed E-state index contributed by atoms with van der Waals surface area (Å²) in [5.41, 5.74) is 1.81. The van der Waals surface area contributed by atoms with Gasteiger partial charge < -0.3 is 20.1 Å². The summed E-state index contributed by atoms with van der Waals surface area (Å²) >= 11 is 2.70. The molecule has 0 radical (unpaired) electrons. The fourth-order valence-corrected chi connectivity index (χ4v) is 4.94. The van der Waals surface area contributed by atoms with Crippen LogP contribution in [-0.4, -0.2) is 40.4 Å². The van der Waals surface area contributed by atoms with E-state index < -0.39 is 0 Å². The average Bonchev–Trinajstić information content (AvgIpc) is 3.21. The summed E-state index contributed by atoms with van der Waals surface area (Å²) in [5, 5.41) is 14.5. The highest BCUT2D eigenvalue weighted by atomic mass is 32.2. The number of nitrogens with one attached hydrogen (secondary N) is 2. The highest BCUT2D eigenvalue weighted by Gasteiger charge is 2.22. The molecule has 1 aliphatic heterocycles. The second-order valence-electron chi connectivity index (χ2n) is 6.60. The van der Waals surface area contributed by atoms with Crippen LogP contribution in [0.5, 0.6) is 11.5 Å². The van der Waals surface area contributed by atoms with Crippen molar-refractivity contribution in [3.8, 4) is 11.5 Å². The summed E-state index contributed by atoms with van der Waals surface area (Å²) in [6.45, 7) is 4.29. The highest BCUT2D eigenvalue weighted by molar-refractivity contribution is 8.02. The van der Waals surface area contributed by atoms with Crippen molar-refractivity contribution in [2.45, 2.75) is 23.4 Å². The zero-order valence-corrected chi connectivity index (χ0v) is 18.5. The first-order chi connectivity index (χ1) is 15.0. The monoisotopic (exact) mass is 456 g/mol. The standard InChI is InChI=1S/C21H20N4O4S2/c1-3-28-16-7-5-4-6-14(16)23-20-24-25-21(31-20)30-12(2)19(27)13-8-9-17-15(10-13)22-18(26)11-29-17/h4-10,12H,3,11H2,1-2H3,(H,22,26)(H,23,24). The number of Topliss-reactive ketones (excluding diaryl/α,β-unsaturated/α-hetero) is 1. The second-order valence-corrected chi connectivity index (χ2v) is 9.16. The van der Waals surface area contributed by atoms with Crippen molar-refractivity contribution in [2.75, 3.05) is 23.8 Å². The topological polar surface area (TPSA) is 102 Å².